The minimum absolute atomic E-state index is 0.0379. The van der Waals surface area contributed by atoms with Crippen LogP contribution in [0.4, 0.5) is 0 Å². The fraction of sp³-hybridized carbons (Fsp3) is 0.283. The molecule has 1 aromatic heterocycles. The summed E-state index contributed by atoms with van der Waals surface area (Å²) in [6.45, 7) is 1.64. The smallest absolute Gasteiger partial charge is 0.338 e. The molecule has 0 amide bonds. The van der Waals surface area contributed by atoms with Crippen LogP contribution in [0.25, 0.3) is 0 Å². The molecule has 4 aromatic carbocycles. The summed E-state index contributed by atoms with van der Waals surface area (Å²) in [5.41, 5.74) is -0.634. The van der Waals surface area contributed by atoms with Gasteiger partial charge in [0.05, 0.1) is 28.9 Å². The van der Waals surface area contributed by atoms with Crippen molar-refractivity contribution in [3.05, 3.63) is 176 Å². The van der Waals surface area contributed by atoms with Crippen molar-refractivity contribution in [1.82, 2.24) is 9.55 Å². The molecule has 3 heterocycles. The highest BCUT2D eigenvalue weighted by Crippen LogP contribution is 2.34. The highest BCUT2D eigenvalue weighted by atomic mass is 16.7. The topological polar surface area (TPSA) is 214 Å². The molecule has 5 aromatic rings. The van der Waals surface area contributed by atoms with E-state index < -0.39 is 103 Å². The summed E-state index contributed by atoms with van der Waals surface area (Å²) in [5.74, 6) is -4.11. The minimum atomic E-state index is -1.70. The van der Waals surface area contributed by atoms with Crippen LogP contribution in [0.15, 0.2) is 137 Å². The Morgan fingerprint density at radius 1 is 0.603 bits per heavy atom. The van der Waals surface area contributed by atoms with Crippen LogP contribution in [0.5, 0.6) is 0 Å². The van der Waals surface area contributed by atoms with Crippen molar-refractivity contribution in [3.63, 3.8) is 0 Å². The maximum Gasteiger partial charge on any atom is 0.338 e. The van der Waals surface area contributed by atoms with E-state index in [0.717, 1.165) is 4.57 Å². The Kier molecular flexibility index (Phi) is 14.0. The molecular formula is C46H42N2O15. The average molecular weight is 863 g/mol. The summed E-state index contributed by atoms with van der Waals surface area (Å²) in [4.78, 5) is 94.4. The van der Waals surface area contributed by atoms with E-state index in [9.17, 15) is 33.6 Å². The van der Waals surface area contributed by atoms with E-state index in [1.54, 1.807) is 72.8 Å². The molecule has 0 saturated carbocycles. The minimum Gasteiger partial charge on any atom is -0.460 e. The van der Waals surface area contributed by atoms with Gasteiger partial charge in [-0.15, -0.1) is 0 Å². The molecule has 1 N–H and O–H groups in total. The number of hydrogen-bond acceptors (Lipinski definition) is 15. The molecule has 0 aliphatic carbocycles. The fourth-order valence-electron chi connectivity index (χ4n) is 7.01. The van der Waals surface area contributed by atoms with Gasteiger partial charge in [-0.2, -0.15) is 0 Å². The van der Waals surface area contributed by atoms with Gasteiger partial charge < -0.3 is 37.9 Å². The molecule has 0 spiro atoms. The number of aromatic amines is 1. The Balaban J connectivity index is 1.27. The van der Waals surface area contributed by atoms with Crippen molar-refractivity contribution in [1.29, 1.82) is 0 Å². The van der Waals surface area contributed by atoms with E-state index >= 15 is 0 Å². The SMILES string of the molecule is CC(=O)O[C@H]1C[C@H](n2cc(C)c(=O)[nH]c2=O)O[C@@H]1CO[C@@H]1O[C@H](COC(=O)c2ccccc2)[C@@H](OC(=O)c2ccccc2)[C@H](OC(=O)c2ccccc2)[C@H]1OC(=O)c1ccccc1. The van der Waals surface area contributed by atoms with E-state index in [0.29, 0.717) is 0 Å². The lowest BCUT2D eigenvalue weighted by Gasteiger charge is -2.44. The van der Waals surface area contributed by atoms with Crippen LogP contribution in [0.3, 0.4) is 0 Å². The number of aromatic nitrogens is 2. The second kappa shape index (κ2) is 20.1. The third-order valence-corrected chi connectivity index (χ3v) is 10.1. The van der Waals surface area contributed by atoms with E-state index in [-0.39, 0.29) is 34.2 Å². The Morgan fingerprint density at radius 3 is 1.59 bits per heavy atom. The van der Waals surface area contributed by atoms with Crippen LogP contribution in [-0.4, -0.2) is 95.5 Å². The number of nitrogens with zero attached hydrogens (tertiary/aromatic N) is 1. The predicted octanol–water partition coefficient (Wildman–Crippen LogP) is 4.34. The summed E-state index contributed by atoms with van der Waals surface area (Å²) in [7, 11) is 0. The zero-order valence-electron chi connectivity index (χ0n) is 33.9. The molecule has 2 saturated heterocycles. The molecule has 2 fully saturated rings. The van der Waals surface area contributed by atoms with E-state index in [4.69, 9.17) is 37.9 Å². The van der Waals surface area contributed by atoms with Gasteiger partial charge in [-0.1, -0.05) is 72.8 Å². The van der Waals surface area contributed by atoms with Gasteiger partial charge >= 0.3 is 35.5 Å². The van der Waals surface area contributed by atoms with Crippen LogP contribution in [0.2, 0.25) is 0 Å². The summed E-state index contributed by atoms with van der Waals surface area (Å²) in [6, 6.07) is 31.7. The quantitative estimate of drug-likeness (QED) is 0.121. The number of esters is 5. The van der Waals surface area contributed by atoms with Gasteiger partial charge in [0.1, 0.15) is 31.1 Å². The Morgan fingerprint density at radius 2 is 1.08 bits per heavy atom. The van der Waals surface area contributed by atoms with Crippen LogP contribution in [-0.2, 0) is 42.7 Å². The van der Waals surface area contributed by atoms with Gasteiger partial charge in [0.2, 0.25) is 0 Å². The van der Waals surface area contributed by atoms with Gasteiger partial charge in [-0.3, -0.25) is 19.1 Å². The number of benzene rings is 4. The van der Waals surface area contributed by atoms with E-state index in [1.165, 1.54) is 68.6 Å². The largest absolute Gasteiger partial charge is 0.460 e. The van der Waals surface area contributed by atoms with Gasteiger partial charge in [-0.25, -0.2) is 24.0 Å². The number of rotatable bonds is 14. The monoisotopic (exact) mass is 862 g/mol. The van der Waals surface area contributed by atoms with Crippen molar-refractivity contribution in [2.45, 2.75) is 69.4 Å². The first-order valence-corrected chi connectivity index (χ1v) is 19.9. The normalized spacial score (nSPS) is 22.9. The third-order valence-electron chi connectivity index (χ3n) is 10.1. The Bertz CT molecular complexity index is 2510. The molecule has 63 heavy (non-hydrogen) atoms. The summed E-state index contributed by atoms with van der Waals surface area (Å²) >= 11 is 0. The number of nitrogens with one attached hydrogen (secondary N) is 1. The summed E-state index contributed by atoms with van der Waals surface area (Å²) in [5, 5.41) is 0. The second-order valence-corrected chi connectivity index (χ2v) is 14.5. The Labute approximate surface area is 359 Å². The van der Waals surface area contributed by atoms with Crippen molar-refractivity contribution < 1.29 is 61.9 Å². The van der Waals surface area contributed by atoms with Crippen LogP contribution >= 0.6 is 0 Å². The molecule has 0 radical (unpaired) electrons. The first kappa shape index (κ1) is 43.9. The first-order chi connectivity index (χ1) is 30.4. The maximum atomic E-state index is 13.9. The van der Waals surface area contributed by atoms with E-state index in [1.807, 2.05) is 0 Å². The second-order valence-electron chi connectivity index (χ2n) is 14.5. The first-order valence-electron chi connectivity index (χ1n) is 19.9. The number of carbonyl (C=O) groups excluding carboxylic acids is 5. The van der Waals surface area contributed by atoms with Crippen molar-refractivity contribution >= 4 is 29.8 Å². The van der Waals surface area contributed by atoms with Crippen molar-refractivity contribution in [2.75, 3.05) is 13.2 Å². The van der Waals surface area contributed by atoms with Crippen LogP contribution in [0, 0.1) is 6.92 Å². The summed E-state index contributed by atoms with van der Waals surface area (Å²) in [6.07, 6.45) is -9.99. The van der Waals surface area contributed by atoms with Crippen LogP contribution < -0.4 is 11.2 Å². The van der Waals surface area contributed by atoms with Crippen molar-refractivity contribution in [2.24, 2.45) is 0 Å². The Hall–Kier alpha value is -7.21. The molecule has 0 bridgehead atoms. The lowest BCUT2D eigenvalue weighted by Crippen LogP contribution is -2.63. The number of aryl methyl sites for hydroxylation is 1. The van der Waals surface area contributed by atoms with Gasteiger partial charge in [0.15, 0.2) is 24.6 Å². The highest BCUT2D eigenvalue weighted by Gasteiger charge is 2.54. The van der Waals surface area contributed by atoms with Crippen molar-refractivity contribution in [3.8, 4) is 0 Å². The zero-order valence-corrected chi connectivity index (χ0v) is 33.9. The highest BCUT2D eigenvalue weighted by molar-refractivity contribution is 5.91. The molecule has 17 heteroatoms. The molecule has 0 unspecified atom stereocenters. The standard InChI is InChI=1S/C46H42N2O15/c1-27-24-48(46(55)47-40(27)50)36-23-33(58-28(2)49)34(59-36)25-57-45-39(63-44(54)32-21-13-6-14-22-32)38(62-43(53)31-19-11-5-12-20-31)37(61-42(52)30-17-9-4-10-18-30)35(60-45)26-56-41(51)29-15-7-3-8-16-29/h3-22,24,33-39,45H,23,25-26H2,1-2H3,(H,47,50,55)/t33-,34+,35+,36+,37+,38-,39+,45+/m0/s1. The van der Waals surface area contributed by atoms with Gasteiger partial charge in [0.25, 0.3) is 5.56 Å². The van der Waals surface area contributed by atoms with Crippen LogP contribution in [0.1, 0.15) is 66.6 Å². The molecular weight excluding hydrogens is 821 g/mol. The summed E-state index contributed by atoms with van der Waals surface area (Å²) < 4.78 is 49.6. The van der Waals surface area contributed by atoms with E-state index in [2.05, 4.69) is 4.98 Å². The lowest BCUT2D eigenvalue weighted by atomic mass is 9.97. The molecule has 2 aliphatic rings. The number of carbonyl (C=O) groups is 5. The van der Waals surface area contributed by atoms with Gasteiger partial charge in [-0.05, 0) is 55.5 Å². The molecule has 2 aliphatic heterocycles. The molecule has 17 nitrogen and oxygen atoms in total. The molecule has 326 valence electrons. The number of ether oxygens (including phenoxy) is 8. The fourth-order valence-corrected chi connectivity index (χ4v) is 7.01. The van der Waals surface area contributed by atoms with Gasteiger partial charge in [0, 0.05) is 25.1 Å². The maximum absolute atomic E-state index is 13.9. The number of hydrogen-bond donors (Lipinski definition) is 1. The average Bonchev–Trinajstić information content (AvgIpc) is 3.69. The predicted molar refractivity (Wildman–Crippen MR) is 218 cm³/mol. The third kappa shape index (κ3) is 10.8. The number of H-pyrrole nitrogens is 1. The zero-order chi connectivity index (χ0) is 44.5. The molecule has 8 atom stereocenters. The molecule has 7 rings (SSSR count). The lowest BCUT2D eigenvalue weighted by molar-refractivity contribution is -0.303.